The zero-order valence-electron chi connectivity index (χ0n) is 11.7. The molecule has 7 nitrogen and oxygen atoms in total. The van der Waals surface area contributed by atoms with Gasteiger partial charge in [-0.1, -0.05) is 12.1 Å². The highest BCUT2D eigenvalue weighted by molar-refractivity contribution is 6.01. The Morgan fingerprint density at radius 1 is 0.955 bits per heavy atom. The highest BCUT2D eigenvalue weighted by atomic mass is 16.5. The summed E-state index contributed by atoms with van der Waals surface area (Å²) in [5.74, 6) is -1.50. The number of benzene rings is 2. The molecule has 0 unspecified atom stereocenters. The number of amides is 2. The monoisotopic (exact) mass is 302 g/mol. The van der Waals surface area contributed by atoms with Crippen molar-refractivity contribution in [1.82, 2.24) is 10.9 Å². The molecule has 0 fully saturated rings. The number of nitrogens with one attached hydrogen (secondary N) is 2. The fourth-order valence-corrected chi connectivity index (χ4v) is 1.79. The summed E-state index contributed by atoms with van der Waals surface area (Å²) in [6, 6.07) is 10.0. The fourth-order valence-electron chi connectivity index (χ4n) is 1.79. The molecule has 0 aliphatic rings. The van der Waals surface area contributed by atoms with E-state index in [1.807, 2.05) is 0 Å². The normalized spacial score (nSPS) is 9.86. The Bertz CT molecular complexity index is 715. The van der Waals surface area contributed by atoms with Crippen LogP contribution in [0.1, 0.15) is 20.7 Å². The van der Waals surface area contributed by atoms with Crippen molar-refractivity contribution in [1.29, 1.82) is 0 Å². The van der Waals surface area contributed by atoms with E-state index in [0.29, 0.717) is 5.75 Å². The molecule has 0 aliphatic heterocycles. The number of carbonyl (C=O) groups is 2. The summed E-state index contributed by atoms with van der Waals surface area (Å²) in [7, 11) is 1.43. The molecule has 114 valence electrons. The van der Waals surface area contributed by atoms with Crippen LogP contribution < -0.4 is 15.6 Å². The third-order valence-electron chi connectivity index (χ3n) is 2.87. The highest BCUT2D eigenvalue weighted by Crippen LogP contribution is 2.22. The molecule has 2 amide bonds. The topological polar surface area (TPSA) is 108 Å². The molecule has 0 radical (unpaired) electrons. The average molecular weight is 302 g/mol. The number of hydrazine groups is 1. The first-order valence-electron chi connectivity index (χ1n) is 6.28. The van der Waals surface area contributed by atoms with Gasteiger partial charge in [0, 0.05) is 6.07 Å². The zero-order valence-corrected chi connectivity index (χ0v) is 11.7. The zero-order chi connectivity index (χ0) is 16.1. The first kappa shape index (κ1) is 15.2. The van der Waals surface area contributed by atoms with Crippen LogP contribution in [0.2, 0.25) is 0 Å². The van der Waals surface area contributed by atoms with Gasteiger partial charge in [-0.25, -0.2) is 0 Å². The molecule has 0 atom stereocenters. The summed E-state index contributed by atoms with van der Waals surface area (Å²) in [5.41, 5.74) is 4.56. The van der Waals surface area contributed by atoms with E-state index in [0.717, 1.165) is 6.07 Å². The third kappa shape index (κ3) is 3.26. The van der Waals surface area contributed by atoms with E-state index in [9.17, 15) is 14.7 Å². The number of methoxy groups -OCH3 is 1. The Balaban J connectivity index is 2.06. The number of aromatic hydroxyl groups is 2. The number of hydrogen-bond acceptors (Lipinski definition) is 5. The van der Waals surface area contributed by atoms with Crippen molar-refractivity contribution >= 4 is 11.8 Å². The van der Waals surface area contributed by atoms with Crippen molar-refractivity contribution in [2.75, 3.05) is 7.11 Å². The highest BCUT2D eigenvalue weighted by Gasteiger charge is 2.15. The van der Waals surface area contributed by atoms with E-state index in [1.165, 1.54) is 19.2 Å². The van der Waals surface area contributed by atoms with Crippen molar-refractivity contribution in [3.05, 3.63) is 53.6 Å². The summed E-state index contributed by atoms with van der Waals surface area (Å²) in [4.78, 5) is 23.9. The second-order valence-electron chi connectivity index (χ2n) is 4.31. The van der Waals surface area contributed by atoms with Crippen LogP contribution in [0, 0.1) is 0 Å². The predicted octanol–water partition coefficient (Wildman–Crippen LogP) is 1.18. The quantitative estimate of drug-likeness (QED) is 0.637. The van der Waals surface area contributed by atoms with Crippen LogP contribution in [0.5, 0.6) is 17.2 Å². The summed E-state index contributed by atoms with van der Waals surface area (Å²) >= 11 is 0. The Morgan fingerprint density at radius 2 is 1.59 bits per heavy atom. The summed E-state index contributed by atoms with van der Waals surface area (Å²) < 4.78 is 5.05. The van der Waals surface area contributed by atoms with Gasteiger partial charge in [-0.05, 0) is 24.3 Å². The molecule has 0 aliphatic carbocycles. The van der Waals surface area contributed by atoms with Crippen LogP contribution >= 0.6 is 0 Å². The van der Waals surface area contributed by atoms with Gasteiger partial charge in [0.05, 0.1) is 18.2 Å². The van der Waals surface area contributed by atoms with Gasteiger partial charge in [-0.2, -0.15) is 0 Å². The molecular weight excluding hydrogens is 288 g/mol. The number of rotatable bonds is 3. The maximum atomic E-state index is 12.0. The van der Waals surface area contributed by atoms with Gasteiger partial charge in [0.1, 0.15) is 17.2 Å². The Kier molecular flexibility index (Phi) is 4.47. The van der Waals surface area contributed by atoms with Crippen LogP contribution in [0.25, 0.3) is 0 Å². The fraction of sp³-hybridized carbons (Fsp3) is 0.0667. The van der Waals surface area contributed by atoms with Crippen molar-refractivity contribution in [3.8, 4) is 17.2 Å². The lowest BCUT2D eigenvalue weighted by Gasteiger charge is -2.10. The summed E-state index contributed by atoms with van der Waals surface area (Å²) in [6.45, 7) is 0. The van der Waals surface area contributed by atoms with Crippen molar-refractivity contribution < 1.29 is 24.5 Å². The number of ether oxygens (including phenoxy) is 1. The van der Waals surface area contributed by atoms with Crippen LogP contribution in [0.4, 0.5) is 0 Å². The van der Waals surface area contributed by atoms with Gasteiger partial charge < -0.3 is 14.9 Å². The van der Waals surface area contributed by atoms with Crippen LogP contribution in [-0.2, 0) is 0 Å². The van der Waals surface area contributed by atoms with Gasteiger partial charge >= 0.3 is 0 Å². The first-order valence-corrected chi connectivity index (χ1v) is 6.28. The molecule has 7 heteroatoms. The van der Waals surface area contributed by atoms with Crippen LogP contribution in [-0.4, -0.2) is 29.1 Å². The molecule has 22 heavy (non-hydrogen) atoms. The van der Waals surface area contributed by atoms with Gasteiger partial charge in [-0.3, -0.25) is 20.4 Å². The third-order valence-corrected chi connectivity index (χ3v) is 2.87. The molecule has 0 spiro atoms. The molecular formula is C15H14N2O5. The molecule has 0 bridgehead atoms. The predicted molar refractivity (Wildman–Crippen MR) is 77.7 cm³/mol. The van der Waals surface area contributed by atoms with Crippen molar-refractivity contribution in [3.63, 3.8) is 0 Å². The van der Waals surface area contributed by atoms with Gasteiger partial charge in [0.2, 0.25) is 0 Å². The van der Waals surface area contributed by atoms with Crippen molar-refractivity contribution in [2.45, 2.75) is 0 Å². The minimum absolute atomic E-state index is 0.0851. The molecule has 0 saturated carbocycles. The number of phenols is 2. The summed E-state index contributed by atoms with van der Waals surface area (Å²) in [5, 5.41) is 18.7. The van der Waals surface area contributed by atoms with Gasteiger partial charge in [-0.15, -0.1) is 0 Å². The minimum Gasteiger partial charge on any atom is -0.508 e. The van der Waals surface area contributed by atoms with E-state index >= 15 is 0 Å². The molecule has 0 heterocycles. The van der Waals surface area contributed by atoms with Gasteiger partial charge in [0.25, 0.3) is 11.8 Å². The van der Waals surface area contributed by atoms with E-state index in [2.05, 4.69) is 10.9 Å². The van der Waals surface area contributed by atoms with Crippen LogP contribution in [0.3, 0.4) is 0 Å². The number of hydrogen-bond donors (Lipinski definition) is 4. The van der Waals surface area contributed by atoms with Crippen molar-refractivity contribution in [2.24, 2.45) is 0 Å². The molecule has 0 saturated heterocycles. The maximum Gasteiger partial charge on any atom is 0.273 e. The van der Waals surface area contributed by atoms with Crippen LogP contribution in [0.15, 0.2) is 42.5 Å². The minimum atomic E-state index is -0.722. The number of phenolic OH excluding ortho intramolecular Hbond substituents is 2. The van der Waals surface area contributed by atoms with Gasteiger partial charge in [0.15, 0.2) is 0 Å². The van der Waals surface area contributed by atoms with E-state index in [1.54, 1.807) is 24.3 Å². The second-order valence-corrected chi connectivity index (χ2v) is 4.31. The Hall–Kier alpha value is -3.22. The van der Waals surface area contributed by atoms with E-state index in [-0.39, 0.29) is 16.9 Å². The lowest BCUT2D eigenvalue weighted by atomic mass is 10.2. The molecule has 2 aromatic carbocycles. The number of carbonyl (C=O) groups excluding carboxylic acids is 2. The van der Waals surface area contributed by atoms with E-state index < -0.39 is 17.6 Å². The molecule has 0 aromatic heterocycles. The number of para-hydroxylation sites is 1. The SMILES string of the molecule is COc1ccccc1C(=O)NNC(=O)c1ccc(O)cc1O. The first-order chi connectivity index (χ1) is 10.5. The molecule has 2 rings (SSSR count). The Morgan fingerprint density at radius 3 is 2.23 bits per heavy atom. The standard InChI is InChI=1S/C15H14N2O5/c1-22-13-5-3-2-4-11(13)15(21)17-16-14(20)10-7-6-9(18)8-12(10)19/h2-8,18-19H,1H3,(H,16,20)(H,17,21). The average Bonchev–Trinajstić information content (AvgIpc) is 2.52. The largest absolute Gasteiger partial charge is 0.508 e. The lowest BCUT2D eigenvalue weighted by Crippen LogP contribution is -2.41. The summed E-state index contributed by atoms with van der Waals surface area (Å²) in [6.07, 6.45) is 0. The smallest absolute Gasteiger partial charge is 0.273 e. The van der Waals surface area contributed by atoms with E-state index in [4.69, 9.17) is 9.84 Å². The molecule has 2 aromatic rings. The molecule has 4 N–H and O–H groups in total. The lowest BCUT2D eigenvalue weighted by molar-refractivity contribution is 0.0843. The maximum absolute atomic E-state index is 12.0. The Labute approximate surface area is 126 Å². The second kappa shape index (κ2) is 6.49.